The fraction of sp³-hybridized carbons (Fsp3) is 0.310. The quantitative estimate of drug-likeness (QED) is 0.336. The molecule has 2 aromatic carbocycles. The molecule has 0 saturated carbocycles. The van der Waals surface area contributed by atoms with E-state index in [0.29, 0.717) is 42.7 Å². The van der Waals surface area contributed by atoms with Crippen molar-refractivity contribution in [3.8, 4) is 0 Å². The molecule has 0 aliphatic heterocycles. The van der Waals surface area contributed by atoms with Crippen molar-refractivity contribution in [2.75, 3.05) is 11.9 Å². The van der Waals surface area contributed by atoms with Crippen molar-refractivity contribution in [1.29, 1.82) is 0 Å². The average molecular weight is 484 g/mol. The number of aromatic nitrogens is 3. The van der Waals surface area contributed by atoms with E-state index in [1.165, 1.54) is 5.56 Å². The molecule has 36 heavy (non-hydrogen) atoms. The van der Waals surface area contributed by atoms with E-state index in [1.54, 1.807) is 21.7 Å². The molecule has 0 spiro atoms. The first kappa shape index (κ1) is 25.1. The van der Waals surface area contributed by atoms with E-state index < -0.39 is 0 Å². The predicted octanol–water partition coefficient (Wildman–Crippen LogP) is 5.60. The maximum absolute atomic E-state index is 13.7. The van der Waals surface area contributed by atoms with Gasteiger partial charge in [0.2, 0.25) is 0 Å². The van der Waals surface area contributed by atoms with Gasteiger partial charge in [-0.15, -0.1) is 0 Å². The summed E-state index contributed by atoms with van der Waals surface area (Å²) >= 11 is 0. The van der Waals surface area contributed by atoms with Crippen LogP contribution >= 0.6 is 0 Å². The number of fused-ring (bicyclic) bond motifs is 1. The van der Waals surface area contributed by atoms with E-state index in [-0.39, 0.29) is 17.6 Å². The van der Waals surface area contributed by atoms with Crippen molar-refractivity contribution in [2.24, 2.45) is 0 Å². The Morgan fingerprint density at radius 2 is 1.75 bits per heavy atom. The zero-order valence-electron chi connectivity index (χ0n) is 21.1. The Morgan fingerprint density at radius 1 is 1.00 bits per heavy atom. The SMILES string of the molecule is CCc1ccc(NC(=O)N(CCc2ccccn2)C(CC)c2nc3ccccc3c(=O)n2CC)cc1. The average Bonchev–Trinajstić information content (AvgIpc) is 2.92. The lowest BCUT2D eigenvalue weighted by atomic mass is 10.1. The minimum absolute atomic E-state index is 0.0863. The summed E-state index contributed by atoms with van der Waals surface area (Å²) in [6.07, 6.45) is 3.88. The van der Waals surface area contributed by atoms with Crippen LogP contribution in [0.1, 0.15) is 50.3 Å². The fourth-order valence-corrected chi connectivity index (χ4v) is 4.49. The van der Waals surface area contributed by atoms with Crippen LogP contribution < -0.4 is 10.9 Å². The first-order valence-corrected chi connectivity index (χ1v) is 12.6. The molecule has 2 aromatic heterocycles. The van der Waals surface area contributed by atoms with Gasteiger partial charge in [-0.1, -0.05) is 44.2 Å². The van der Waals surface area contributed by atoms with Crippen LogP contribution in [-0.2, 0) is 19.4 Å². The molecule has 0 aliphatic rings. The van der Waals surface area contributed by atoms with Crippen molar-refractivity contribution < 1.29 is 4.79 Å². The van der Waals surface area contributed by atoms with Crippen LogP contribution in [0.2, 0.25) is 0 Å². The van der Waals surface area contributed by atoms with Crippen molar-refractivity contribution in [1.82, 2.24) is 19.4 Å². The Bertz CT molecular complexity index is 1370. The first-order chi connectivity index (χ1) is 17.5. The summed E-state index contributed by atoms with van der Waals surface area (Å²) < 4.78 is 1.69. The Kier molecular flexibility index (Phi) is 8.10. The van der Waals surface area contributed by atoms with E-state index in [9.17, 15) is 9.59 Å². The van der Waals surface area contributed by atoms with Gasteiger partial charge in [-0.05, 0) is 61.7 Å². The van der Waals surface area contributed by atoms with Crippen LogP contribution in [0.3, 0.4) is 0 Å². The van der Waals surface area contributed by atoms with Gasteiger partial charge in [-0.25, -0.2) is 9.78 Å². The Labute approximate surface area is 211 Å². The monoisotopic (exact) mass is 483 g/mol. The third-order valence-corrected chi connectivity index (χ3v) is 6.48. The summed E-state index contributed by atoms with van der Waals surface area (Å²) in [5, 5.41) is 3.64. The Morgan fingerprint density at radius 3 is 2.42 bits per heavy atom. The molecule has 2 heterocycles. The second-order valence-corrected chi connectivity index (χ2v) is 8.71. The smallest absolute Gasteiger partial charge is 0.314 e. The number of carbonyl (C=O) groups excluding carboxylic acids is 1. The van der Waals surface area contributed by atoms with Gasteiger partial charge in [0, 0.05) is 37.1 Å². The second-order valence-electron chi connectivity index (χ2n) is 8.71. The molecule has 0 fully saturated rings. The van der Waals surface area contributed by atoms with Gasteiger partial charge in [0.1, 0.15) is 5.82 Å². The molecule has 0 saturated heterocycles. The van der Waals surface area contributed by atoms with E-state index >= 15 is 0 Å². The molecular weight excluding hydrogens is 450 g/mol. The number of nitrogens with zero attached hydrogens (tertiary/aromatic N) is 4. The molecule has 0 radical (unpaired) electrons. The number of nitrogens with one attached hydrogen (secondary N) is 1. The number of rotatable bonds is 9. The number of amides is 2. The zero-order chi connectivity index (χ0) is 25.5. The summed E-state index contributed by atoms with van der Waals surface area (Å²) in [6, 6.07) is 20.4. The molecule has 1 unspecified atom stereocenters. The van der Waals surface area contributed by atoms with Gasteiger partial charge in [-0.2, -0.15) is 0 Å². The topological polar surface area (TPSA) is 80.1 Å². The normalized spacial score (nSPS) is 11.9. The largest absolute Gasteiger partial charge is 0.322 e. The van der Waals surface area contributed by atoms with Gasteiger partial charge < -0.3 is 10.2 Å². The molecule has 7 nitrogen and oxygen atoms in total. The van der Waals surface area contributed by atoms with E-state index in [1.807, 2.05) is 74.5 Å². The molecular formula is C29H33N5O2. The number of para-hydroxylation sites is 1. The molecule has 186 valence electrons. The predicted molar refractivity (Wildman–Crippen MR) is 144 cm³/mol. The number of anilines is 1. The van der Waals surface area contributed by atoms with Crippen molar-refractivity contribution in [2.45, 2.75) is 52.6 Å². The lowest BCUT2D eigenvalue weighted by Crippen LogP contribution is -2.42. The lowest BCUT2D eigenvalue weighted by molar-refractivity contribution is 0.180. The number of hydrogen-bond donors (Lipinski definition) is 1. The molecule has 0 bridgehead atoms. The number of pyridine rings is 1. The van der Waals surface area contributed by atoms with Crippen LogP contribution in [0, 0.1) is 0 Å². The maximum atomic E-state index is 13.7. The van der Waals surface area contributed by atoms with Gasteiger partial charge in [0.05, 0.1) is 16.9 Å². The molecule has 1 atom stereocenters. The minimum Gasteiger partial charge on any atom is -0.314 e. The van der Waals surface area contributed by atoms with Crippen LogP contribution in [-0.4, -0.2) is 32.0 Å². The van der Waals surface area contributed by atoms with E-state index in [4.69, 9.17) is 4.98 Å². The lowest BCUT2D eigenvalue weighted by Gasteiger charge is -2.32. The van der Waals surface area contributed by atoms with Crippen LogP contribution in [0.4, 0.5) is 10.5 Å². The maximum Gasteiger partial charge on any atom is 0.322 e. The molecule has 2 amide bonds. The zero-order valence-corrected chi connectivity index (χ0v) is 21.1. The highest BCUT2D eigenvalue weighted by atomic mass is 16.2. The van der Waals surface area contributed by atoms with Gasteiger partial charge in [-0.3, -0.25) is 14.3 Å². The Balaban J connectivity index is 1.73. The number of aryl methyl sites for hydroxylation is 1. The summed E-state index contributed by atoms with van der Waals surface area (Å²) in [5.41, 5.74) is 3.39. The number of benzene rings is 2. The Hall–Kier alpha value is -4.00. The first-order valence-electron chi connectivity index (χ1n) is 12.6. The van der Waals surface area contributed by atoms with Crippen LogP contribution in [0.5, 0.6) is 0 Å². The standard InChI is InChI=1S/C29H33N5O2/c1-4-21-14-16-23(17-15-21)31-29(36)34(20-18-22-11-9-10-19-30-22)26(5-2)27-32-25-13-8-7-12-24(25)28(35)33(27)6-3/h7-17,19,26H,4-6,18,20H2,1-3H3,(H,31,36). The van der Waals surface area contributed by atoms with Crippen LogP contribution in [0.15, 0.2) is 77.7 Å². The van der Waals surface area contributed by atoms with E-state index in [2.05, 4.69) is 17.2 Å². The summed E-state index contributed by atoms with van der Waals surface area (Å²) in [6.45, 7) is 6.95. The van der Waals surface area contributed by atoms with Crippen molar-refractivity contribution in [3.05, 3.63) is 100 Å². The minimum atomic E-state index is -0.388. The third-order valence-electron chi connectivity index (χ3n) is 6.48. The summed E-state index contributed by atoms with van der Waals surface area (Å²) in [4.78, 5) is 38.1. The molecule has 4 aromatic rings. The summed E-state index contributed by atoms with van der Waals surface area (Å²) in [7, 11) is 0. The highest BCUT2D eigenvalue weighted by Gasteiger charge is 2.28. The van der Waals surface area contributed by atoms with Gasteiger partial charge in [0.25, 0.3) is 5.56 Å². The van der Waals surface area contributed by atoms with Gasteiger partial charge >= 0.3 is 6.03 Å². The molecule has 4 rings (SSSR count). The highest BCUT2D eigenvalue weighted by Crippen LogP contribution is 2.25. The van der Waals surface area contributed by atoms with Crippen molar-refractivity contribution >= 4 is 22.6 Å². The second kappa shape index (κ2) is 11.6. The molecule has 0 aliphatic carbocycles. The van der Waals surface area contributed by atoms with Gasteiger partial charge in [0.15, 0.2) is 0 Å². The number of hydrogen-bond acceptors (Lipinski definition) is 4. The molecule has 7 heteroatoms. The molecule has 1 N–H and O–H groups in total. The van der Waals surface area contributed by atoms with Crippen LogP contribution in [0.25, 0.3) is 10.9 Å². The fourth-order valence-electron chi connectivity index (χ4n) is 4.49. The van der Waals surface area contributed by atoms with Crippen molar-refractivity contribution in [3.63, 3.8) is 0 Å². The number of urea groups is 1. The summed E-state index contributed by atoms with van der Waals surface area (Å²) in [5.74, 6) is 0.598. The highest BCUT2D eigenvalue weighted by molar-refractivity contribution is 5.89. The van der Waals surface area contributed by atoms with E-state index in [0.717, 1.165) is 17.8 Å². The third kappa shape index (κ3) is 5.46. The number of carbonyl (C=O) groups is 1.